The molecule has 0 aliphatic rings. The van der Waals surface area contributed by atoms with Gasteiger partial charge in [-0.3, -0.25) is 0 Å². The summed E-state index contributed by atoms with van der Waals surface area (Å²) in [5.41, 5.74) is 0. The summed E-state index contributed by atoms with van der Waals surface area (Å²) in [6, 6.07) is 0. The molecule has 2 radical (unpaired) electrons. The minimum absolute atomic E-state index is 0. The largest absolute Gasteiger partial charge is 0.813 e. The van der Waals surface area contributed by atoms with Gasteiger partial charge in [0.25, 0.3) is 0 Å². The van der Waals surface area contributed by atoms with E-state index in [-0.39, 0.29) is 75.9 Å². The number of hydrogen-bond acceptors (Lipinski definition) is 1. The quantitative estimate of drug-likeness (QED) is 0.305. The van der Waals surface area contributed by atoms with Crippen LogP contribution in [0.3, 0.4) is 0 Å². The second-order valence-electron chi connectivity index (χ2n) is 0. The molecule has 0 aromatic heterocycles. The summed E-state index contributed by atoms with van der Waals surface area (Å²) in [6.07, 6.45) is 0. The molecule has 0 aromatic carbocycles. The molecule has 0 aromatic rings. The van der Waals surface area contributed by atoms with Crippen molar-refractivity contribution in [3.8, 4) is 0 Å². The van der Waals surface area contributed by atoms with E-state index in [0.717, 1.165) is 0 Å². The molecule has 4 heteroatoms. The van der Waals surface area contributed by atoms with Gasteiger partial charge in [0, 0.05) is 36.5 Å². The van der Waals surface area contributed by atoms with E-state index in [1.165, 1.54) is 0 Å². The molecule has 0 aliphatic heterocycles. The molecule has 0 amide bonds. The first-order valence-corrected chi connectivity index (χ1v) is 0. The summed E-state index contributed by atoms with van der Waals surface area (Å²) < 4.78 is 0. The van der Waals surface area contributed by atoms with Gasteiger partial charge in [-0.1, -0.05) is 0 Å². The Morgan fingerprint density at radius 2 is 1.00 bits per heavy atom. The Labute approximate surface area is 74.9 Å². The maximum Gasteiger partial charge on any atom is 0 e. The third-order valence-electron chi connectivity index (χ3n) is 0. The molecule has 0 aliphatic carbocycles. The third-order valence-corrected chi connectivity index (χ3v) is 0. The second kappa shape index (κ2) is 18.3. The summed E-state index contributed by atoms with van der Waals surface area (Å²) in [6.45, 7) is 0. The molecule has 0 rings (SSSR count). The van der Waals surface area contributed by atoms with Crippen LogP contribution in [-0.2, 0) is 50.0 Å². The normalized spacial score (nSPS) is 0. The second-order valence-corrected chi connectivity index (χ2v) is 0. The summed E-state index contributed by atoms with van der Waals surface area (Å²) >= 11 is 0. The molecule has 4 heavy (non-hydrogen) atoms. The first kappa shape index (κ1) is 32.8. The van der Waals surface area contributed by atoms with Crippen LogP contribution in [0.5, 0.6) is 0 Å². The van der Waals surface area contributed by atoms with Gasteiger partial charge in [-0.2, -0.15) is 0 Å². The molecule has 0 unspecified atom stereocenters. The number of thiol groups is 1. The van der Waals surface area contributed by atoms with Crippen LogP contribution in [0.25, 0.3) is 0 Å². The van der Waals surface area contributed by atoms with Crippen LogP contribution >= 0.6 is 0 Å². The number of hydrogen-bond donors (Lipinski definition) is 0. The minimum Gasteiger partial charge on any atom is -0.813 e. The van der Waals surface area contributed by atoms with Gasteiger partial charge < -0.3 is 13.5 Å². The zero-order valence-electron chi connectivity index (χ0n) is 2.46. The van der Waals surface area contributed by atoms with Gasteiger partial charge in [0.05, 0.1) is 0 Å². The van der Waals surface area contributed by atoms with Gasteiger partial charge in [0.2, 0.25) is 0 Å². The first-order valence-electron chi connectivity index (χ1n) is 0. The summed E-state index contributed by atoms with van der Waals surface area (Å²) in [5, 5.41) is 0. The van der Waals surface area contributed by atoms with Gasteiger partial charge in [0.15, 0.2) is 0 Å². The van der Waals surface area contributed by atoms with Gasteiger partial charge >= 0.3 is 25.8 Å². The van der Waals surface area contributed by atoms with E-state index >= 15 is 0 Å². The van der Waals surface area contributed by atoms with Crippen molar-refractivity contribution in [1.82, 2.24) is 0 Å². The average molecular weight is 279 g/mol. The SMILES string of the molecule is [Cu].[InH2].[SH-].[Zn]. The predicted molar refractivity (Wildman–Crippen MR) is 17.3 cm³/mol. The van der Waals surface area contributed by atoms with E-state index in [0.29, 0.717) is 0 Å². The minimum atomic E-state index is 0. The van der Waals surface area contributed by atoms with Crippen molar-refractivity contribution in [2.24, 2.45) is 0 Å². The van der Waals surface area contributed by atoms with E-state index < -0.39 is 0 Å². The number of rotatable bonds is 0. The molecular formula is H3CuInSZn-. The van der Waals surface area contributed by atoms with Crippen molar-refractivity contribution in [1.29, 1.82) is 0 Å². The summed E-state index contributed by atoms with van der Waals surface area (Å²) in [7, 11) is 0. The molecule has 0 nitrogen and oxygen atoms in total. The molecule has 0 fully saturated rings. The van der Waals surface area contributed by atoms with Crippen LogP contribution in [0.15, 0.2) is 0 Å². The van der Waals surface area contributed by atoms with Crippen molar-refractivity contribution < 1.29 is 36.5 Å². The fraction of sp³-hybridized carbons (Fsp3) is 0. The van der Waals surface area contributed by atoms with Gasteiger partial charge in [-0.15, -0.1) is 0 Å². The van der Waals surface area contributed by atoms with E-state index in [1.54, 1.807) is 0 Å². The maximum atomic E-state index is 0. The Balaban J connectivity index is 0. The summed E-state index contributed by atoms with van der Waals surface area (Å²) in [4.78, 5) is 0. The standard InChI is InChI=1S/Cu.In.H2S.Zn.2H/h;;1H2;;;/p-1. The third kappa shape index (κ3) is 8.84. The van der Waals surface area contributed by atoms with Crippen LogP contribution < -0.4 is 0 Å². The summed E-state index contributed by atoms with van der Waals surface area (Å²) in [5.74, 6) is 0. The molecule has 0 atom stereocenters. The van der Waals surface area contributed by atoms with Crippen LogP contribution in [0.2, 0.25) is 0 Å². The Kier molecular flexibility index (Phi) is 150. The maximum absolute atomic E-state index is 0. The molecule has 0 N–H and O–H groups in total. The van der Waals surface area contributed by atoms with Crippen LogP contribution in [0, 0.1) is 0 Å². The van der Waals surface area contributed by atoms with Crippen molar-refractivity contribution in [3.05, 3.63) is 0 Å². The van der Waals surface area contributed by atoms with E-state index in [4.69, 9.17) is 0 Å². The zero-order chi connectivity index (χ0) is 0. The van der Waals surface area contributed by atoms with Crippen LogP contribution in [0.1, 0.15) is 0 Å². The fourth-order valence-corrected chi connectivity index (χ4v) is 0. The van der Waals surface area contributed by atoms with Crippen LogP contribution in [0.4, 0.5) is 0 Å². The fourth-order valence-electron chi connectivity index (χ4n) is 0. The zero-order valence-corrected chi connectivity index (χ0v) is 13.0. The molecule has 0 spiro atoms. The van der Waals surface area contributed by atoms with E-state index in [1.807, 2.05) is 0 Å². The molecule has 0 bridgehead atoms. The smallest absolute Gasteiger partial charge is 0 e. The average Bonchev–Trinajstić information content (AvgIpc) is 0. The molecule has 26 valence electrons. The predicted octanol–water partition coefficient (Wildman–Crippen LogP) is -1.19. The Morgan fingerprint density at radius 1 is 1.00 bits per heavy atom. The van der Waals surface area contributed by atoms with Gasteiger partial charge in [0.1, 0.15) is 0 Å². The van der Waals surface area contributed by atoms with Gasteiger partial charge in [-0.25, -0.2) is 0 Å². The van der Waals surface area contributed by atoms with E-state index in [2.05, 4.69) is 0 Å². The monoisotopic (exact) mass is 277 g/mol. The van der Waals surface area contributed by atoms with E-state index in [9.17, 15) is 0 Å². The molecule has 0 saturated carbocycles. The Morgan fingerprint density at radius 3 is 1.00 bits per heavy atom. The topological polar surface area (TPSA) is 0 Å². The Hall–Kier alpha value is 2.36. The molecular weight excluding hydrogens is 276 g/mol. The van der Waals surface area contributed by atoms with Crippen molar-refractivity contribution in [3.63, 3.8) is 0 Å². The molecule has 0 heterocycles. The van der Waals surface area contributed by atoms with Crippen molar-refractivity contribution in [2.75, 3.05) is 0 Å². The Bertz CT molecular complexity index is 8.00. The molecule has 0 saturated heterocycles. The van der Waals surface area contributed by atoms with Crippen molar-refractivity contribution in [2.45, 2.75) is 0 Å². The first-order chi connectivity index (χ1) is 0. The van der Waals surface area contributed by atoms with Gasteiger partial charge in [-0.05, 0) is 0 Å². The van der Waals surface area contributed by atoms with Crippen molar-refractivity contribution >= 4 is 39.3 Å². The van der Waals surface area contributed by atoms with Crippen LogP contribution in [-0.4, -0.2) is 25.8 Å².